The Morgan fingerprint density at radius 3 is 2.29 bits per heavy atom. The molecule has 0 unspecified atom stereocenters. The fourth-order valence-electron chi connectivity index (χ4n) is 1.86. The molecule has 0 saturated heterocycles. The maximum absolute atomic E-state index is 4.58. The predicted molar refractivity (Wildman–Crippen MR) is 87.1 cm³/mol. The fourth-order valence-corrected chi connectivity index (χ4v) is 4.78. The predicted octanol–water partition coefficient (Wildman–Crippen LogP) is 5.44. The van der Waals surface area contributed by atoms with Crippen molar-refractivity contribution in [3.05, 3.63) is 38.8 Å². The maximum atomic E-state index is 4.58. The minimum Gasteiger partial charge on any atom is -0.135 e. The molecule has 0 bridgehead atoms. The third-order valence-electron chi connectivity index (χ3n) is 2.72. The van der Waals surface area contributed by atoms with E-state index < -0.39 is 0 Å². The quantitative estimate of drug-likeness (QED) is 0.561. The Labute approximate surface area is 123 Å². The molecule has 2 rings (SSSR count). The molecule has 1 aromatic rings. The van der Waals surface area contributed by atoms with Crippen LogP contribution < -0.4 is 0 Å². The Hall–Kier alpha value is 0.360. The van der Waals surface area contributed by atoms with Crippen LogP contribution in [0.4, 0.5) is 0 Å². The summed E-state index contributed by atoms with van der Waals surface area (Å²) in [6.45, 7) is 0. The zero-order chi connectivity index (χ0) is 12.1. The second-order valence-electron chi connectivity index (χ2n) is 4.05. The summed E-state index contributed by atoms with van der Waals surface area (Å²) in [6, 6.07) is 10.3. The Bertz CT molecular complexity index is 380. The SMILES string of the molecule is S/C(Sc1ccccc1)=C(\S)SC1CCCC1. The van der Waals surface area contributed by atoms with Crippen LogP contribution in [-0.4, -0.2) is 5.25 Å². The lowest BCUT2D eigenvalue weighted by Gasteiger charge is -2.10. The standard InChI is InChI=1S/C13H16S4/c14-12(16-10-6-2-1-3-7-10)13(15)17-11-8-4-5-9-11/h1-3,6-7,11,14-15H,4-5,8-9H2/b13-12-. The second kappa shape index (κ2) is 7.07. The monoisotopic (exact) mass is 300 g/mol. The summed E-state index contributed by atoms with van der Waals surface area (Å²) in [4.78, 5) is 1.22. The molecule has 1 fully saturated rings. The second-order valence-corrected chi connectivity index (χ2v) is 7.94. The molecule has 0 radical (unpaired) electrons. The van der Waals surface area contributed by atoms with Gasteiger partial charge in [0.2, 0.25) is 0 Å². The number of rotatable bonds is 4. The molecule has 0 spiro atoms. The Morgan fingerprint density at radius 2 is 1.65 bits per heavy atom. The lowest BCUT2D eigenvalue weighted by Crippen LogP contribution is -1.92. The van der Waals surface area contributed by atoms with Gasteiger partial charge < -0.3 is 0 Å². The molecule has 17 heavy (non-hydrogen) atoms. The third-order valence-corrected chi connectivity index (χ3v) is 6.50. The summed E-state index contributed by atoms with van der Waals surface area (Å²) in [5.74, 6) is 0. The first-order valence-electron chi connectivity index (χ1n) is 5.77. The van der Waals surface area contributed by atoms with Gasteiger partial charge in [-0.1, -0.05) is 42.8 Å². The minimum absolute atomic E-state index is 0.751. The zero-order valence-electron chi connectivity index (χ0n) is 9.50. The van der Waals surface area contributed by atoms with Crippen molar-refractivity contribution in [2.75, 3.05) is 0 Å². The molecular weight excluding hydrogens is 284 g/mol. The van der Waals surface area contributed by atoms with Crippen LogP contribution in [-0.2, 0) is 0 Å². The van der Waals surface area contributed by atoms with Gasteiger partial charge >= 0.3 is 0 Å². The number of benzene rings is 1. The molecule has 92 valence electrons. The van der Waals surface area contributed by atoms with Gasteiger partial charge in [-0.3, -0.25) is 0 Å². The average molecular weight is 301 g/mol. The van der Waals surface area contributed by atoms with Crippen molar-refractivity contribution in [1.29, 1.82) is 0 Å². The topological polar surface area (TPSA) is 0 Å². The number of thiol groups is 2. The largest absolute Gasteiger partial charge is 0.135 e. The van der Waals surface area contributed by atoms with Crippen molar-refractivity contribution in [2.24, 2.45) is 0 Å². The summed E-state index contributed by atoms with van der Waals surface area (Å²) < 4.78 is 2.07. The van der Waals surface area contributed by atoms with E-state index in [0.717, 1.165) is 13.7 Å². The fraction of sp³-hybridized carbons (Fsp3) is 0.385. The first-order chi connectivity index (χ1) is 8.25. The highest BCUT2D eigenvalue weighted by Crippen LogP contribution is 2.42. The van der Waals surface area contributed by atoms with Crippen LogP contribution in [0.2, 0.25) is 0 Å². The smallest absolute Gasteiger partial charge is 0.0617 e. The van der Waals surface area contributed by atoms with Gasteiger partial charge in [0.15, 0.2) is 0 Å². The van der Waals surface area contributed by atoms with Crippen molar-refractivity contribution >= 4 is 48.8 Å². The number of thioether (sulfide) groups is 2. The molecule has 1 aromatic carbocycles. The van der Waals surface area contributed by atoms with E-state index in [9.17, 15) is 0 Å². The Balaban J connectivity index is 1.94. The van der Waals surface area contributed by atoms with Crippen LogP contribution in [0.25, 0.3) is 0 Å². The van der Waals surface area contributed by atoms with E-state index in [1.807, 2.05) is 30.0 Å². The van der Waals surface area contributed by atoms with Crippen molar-refractivity contribution in [3.63, 3.8) is 0 Å². The van der Waals surface area contributed by atoms with Gasteiger partial charge in [0.25, 0.3) is 0 Å². The van der Waals surface area contributed by atoms with Gasteiger partial charge in [0.05, 0.1) is 8.47 Å². The molecule has 0 aliphatic heterocycles. The van der Waals surface area contributed by atoms with E-state index in [1.165, 1.54) is 30.6 Å². The highest BCUT2D eigenvalue weighted by molar-refractivity contribution is 8.21. The Kier molecular flexibility index (Phi) is 5.74. The van der Waals surface area contributed by atoms with Crippen LogP contribution >= 0.6 is 48.8 Å². The summed E-state index contributed by atoms with van der Waals surface area (Å²) in [6.07, 6.45) is 5.39. The molecule has 1 aliphatic carbocycles. The molecule has 0 amide bonds. The molecule has 1 aliphatic rings. The van der Waals surface area contributed by atoms with Crippen LogP contribution in [0, 0.1) is 0 Å². The van der Waals surface area contributed by atoms with E-state index in [0.29, 0.717) is 0 Å². The first kappa shape index (κ1) is 13.8. The lowest BCUT2D eigenvalue weighted by atomic mass is 10.4. The first-order valence-corrected chi connectivity index (χ1v) is 8.36. The van der Waals surface area contributed by atoms with Crippen LogP contribution in [0.3, 0.4) is 0 Å². The summed E-state index contributed by atoms with van der Waals surface area (Å²) in [5, 5.41) is 0.751. The Morgan fingerprint density at radius 1 is 1.00 bits per heavy atom. The summed E-state index contributed by atoms with van der Waals surface area (Å²) >= 11 is 12.7. The van der Waals surface area contributed by atoms with Crippen LogP contribution in [0.5, 0.6) is 0 Å². The summed E-state index contributed by atoms with van der Waals surface area (Å²) in [7, 11) is 0. The van der Waals surface area contributed by atoms with Gasteiger partial charge in [0.1, 0.15) is 0 Å². The third kappa shape index (κ3) is 4.51. The number of hydrogen-bond donors (Lipinski definition) is 2. The maximum Gasteiger partial charge on any atom is 0.0617 e. The van der Waals surface area contributed by atoms with Gasteiger partial charge in [-0.05, 0) is 25.0 Å². The average Bonchev–Trinajstić information content (AvgIpc) is 2.83. The lowest BCUT2D eigenvalue weighted by molar-refractivity contribution is 0.886. The van der Waals surface area contributed by atoms with Crippen molar-refractivity contribution in [2.45, 2.75) is 35.8 Å². The van der Waals surface area contributed by atoms with Gasteiger partial charge in [-0.15, -0.1) is 37.0 Å². The molecule has 0 N–H and O–H groups in total. The van der Waals surface area contributed by atoms with E-state index >= 15 is 0 Å². The molecule has 4 heteroatoms. The van der Waals surface area contributed by atoms with Crippen molar-refractivity contribution in [3.8, 4) is 0 Å². The normalized spacial score (nSPS) is 18.2. The highest BCUT2D eigenvalue weighted by Gasteiger charge is 2.17. The number of hydrogen-bond acceptors (Lipinski definition) is 4. The van der Waals surface area contributed by atoms with Crippen LogP contribution in [0.1, 0.15) is 25.7 Å². The van der Waals surface area contributed by atoms with Crippen LogP contribution in [0.15, 0.2) is 43.7 Å². The minimum atomic E-state index is 0.751. The molecule has 0 aromatic heterocycles. The highest BCUT2D eigenvalue weighted by atomic mass is 32.2. The molecular formula is C13H16S4. The van der Waals surface area contributed by atoms with Crippen molar-refractivity contribution < 1.29 is 0 Å². The van der Waals surface area contributed by atoms with Crippen molar-refractivity contribution in [1.82, 2.24) is 0 Å². The van der Waals surface area contributed by atoms with E-state index in [-0.39, 0.29) is 0 Å². The van der Waals surface area contributed by atoms with Gasteiger partial charge in [-0.2, -0.15) is 0 Å². The van der Waals surface area contributed by atoms with E-state index in [2.05, 4.69) is 37.4 Å². The zero-order valence-corrected chi connectivity index (χ0v) is 12.9. The van der Waals surface area contributed by atoms with Gasteiger partial charge in [-0.25, -0.2) is 0 Å². The molecule has 0 heterocycles. The molecule has 0 atom stereocenters. The molecule has 0 nitrogen and oxygen atoms in total. The molecule has 1 saturated carbocycles. The van der Waals surface area contributed by atoms with Gasteiger partial charge in [0, 0.05) is 10.1 Å². The van der Waals surface area contributed by atoms with E-state index in [1.54, 1.807) is 11.8 Å². The summed E-state index contributed by atoms with van der Waals surface area (Å²) in [5.41, 5.74) is 0. The van der Waals surface area contributed by atoms with E-state index in [4.69, 9.17) is 0 Å².